The number of likely N-dealkylation sites (tertiary alicyclic amines) is 1. The number of amides is 1. The van der Waals surface area contributed by atoms with Crippen LogP contribution in [0.25, 0.3) is 0 Å². The fraction of sp³-hybridized carbons (Fsp3) is 0.600. The number of hydrogen-bond acceptors (Lipinski definition) is 2. The van der Waals surface area contributed by atoms with Crippen LogP contribution in [0.3, 0.4) is 0 Å². The maximum Gasteiger partial charge on any atom is 0.257 e. The molecule has 1 saturated carbocycles. The number of rotatable bonds is 1. The molecule has 1 saturated heterocycles. The van der Waals surface area contributed by atoms with Gasteiger partial charge in [-0.3, -0.25) is 4.79 Å². The summed E-state index contributed by atoms with van der Waals surface area (Å²) in [5, 5.41) is 0. The zero-order chi connectivity index (χ0) is 14.1. The van der Waals surface area contributed by atoms with Gasteiger partial charge in [-0.05, 0) is 37.7 Å². The summed E-state index contributed by atoms with van der Waals surface area (Å²) in [5.41, 5.74) is -0.191. The molecule has 20 heavy (non-hydrogen) atoms. The van der Waals surface area contributed by atoms with Gasteiger partial charge in [-0.25, -0.2) is 9.37 Å². The molecule has 2 unspecified atom stereocenters. The second-order valence-electron chi connectivity index (χ2n) is 5.72. The van der Waals surface area contributed by atoms with Crippen molar-refractivity contribution >= 4 is 5.91 Å². The molecule has 1 amide bonds. The van der Waals surface area contributed by atoms with Gasteiger partial charge < -0.3 is 4.90 Å². The predicted octanol–water partition coefficient (Wildman–Crippen LogP) is 3.15. The number of carbonyl (C=O) groups is 1. The smallest absolute Gasteiger partial charge is 0.257 e. The highest BCUT2D eigenvalue weighted by Crippen LogP contribution is 2.36. The van der Waals surface area contributed by atoms with Gasteiger partial charge in [-0.2, -0.15) is 4.39 Å². The summed E-state index contributed by atoms with van der Waals surface area (Å²) >= 11 is 0. The molecule has 2 aliphatic rings. The van der Waals surface area contributed by atoms with E-state index in [9.17, 15) is 13.6 Å². The summed E-state index contributed by atoms with van der Waals surface area (Å²) in [6.45, 7) is 0.642. The van der Waals surface area contributed by atoms with Gasteiger partial charge in [0.25, 0.3) is 5.91 Å². The number of carbonyl (C=O) groups excluding carboxylic acids is 1. The fourth-order valence-electron chi connectivity index (χ4n) is 3.62. The van der Waals surface area contributed by atoms with Crippen molar-refractivity contribution in [2.24, 2.45) is 5.92 Å². The van der Waals surface area contributed by atoms with E-state index in [4.69, 9.17) is 0 Å². The minimum atomic E-state index is -1.20. The van der Waals surface area contributed by atoms with Crippen LogP contribution in [0.4, 0.5) is 8.78 Å². The Hall–Kier alpha value is -1.52. The Labute approximate surface area is 117 Å². The maximum absolute atomic E-state index is 13.7. The van der Waals surface area contributed by atoms with Crippen LogP contribution in [0.2, 0.25) is 0 Å². The zero-order valence-electron chi connectivity index (χ0n) is 11.3. The highest BCUT2D eigenvalue weighted by molar-refractivity contribution is 5.94. The lowest BCUT2D eigenvalue weighted by Crippen LogP contribution is -2.49. The quantitative estimate of drug-likeness (QED) is 0.740. The topological polar surface area (TPSA) is 33.2 Å². The lowest BCUT2D eigenvalue weighted by molar-refractivity contribution is 0.0385. The molecule has 1 aliphatic heterocycles. The van der Waals surface area contributed by atoms with Crippen LogP contribution in [-0.2, 0) is 0 Å². The first kappa shape index (κ1) is 13.5. The molecule has 0 N–H and O–H groups in total. The summed E-state index contributed by atoms with van der Waals surface area (Å²) in [6, 6.07) is 1.47. The third-order valence-electron chi connectivity index (χ3n) is 4.58. The molecule has 0 aromatic carbocycles. The molecule has 0 spiro atoms. The second kappa shape index (κ2) is 5.46. The molecule has 2 heterocycles. The first-order valence-electron chi connectivity index (χ1n) is 7.29. The van der Waals surface area contributed by atoms with Crippen LogP contribution in [-0.4, -0.2) is 28.4 Å². The van der Waals surface area contributed by atoms with E-state index in [0.717, 1.165) is 38.3 Å². The molecule has 0 radical (unpaired) electrons. The van der Waals surface area contributed by atoms with Crippen molar-refractivity contribution < 1.29 is 13.6 Å². The highest BCUT2D eigenvalue weighted by Gasteiger charge is 2.36. The monoisotopic (exact) mass is 280 g/mol. The normalized spacial score (nSPS) is 26.2. The molecular weight excluding hydrogens is 262 g/mol. The van der Waals surface area contributed by atoms with Crippen molar-refractivity contribution in [1.82, 2.24) is 9.88 Å². The van der Waals surface area contributed by atoms with Gasteiger partial charge in [-0.1, -0.05) is 12.8 Å². The fourth-order valence-corrected chi connectivity index (χ4v) is 3.62. The van der Waals surface area contributed by atoms with Crippen molar-refractivity contribution in [3.8, 4) is 0 Å². The van der Waals surface area contributed by atoms with Gasteiger partial charge in [0.15, 0.2) is 5.82 Å². The molecule has 108 valence electrons. The van der Waals surface area contributed by atoms with Gasteiger partial charge >= 0.3 is 0 Å². The molecule has 5 heteroatoms. The first-order chi connectivity index (χ1) is 9.68. The van der Waals surface area contributed by atoms with E-state index < -0.39 is 11.8 Å². The van der Waals surface area contributed by atoms with E-state index in [0.29, 0.717) is 12.5 Å². The van der Waals surface area contributed by atoms with Crippen LogP contribution in [0.5, 0.6) is 0 Å². The minimum absolute atomic E-state index is 0.191. The third kappa shape index (κ3) is 2.30. The number of hydrogen-bond donors (Lipinski definition) is 0. The number of piperidine rings is 1. The molecule has 2 fully saturated rings. The Bertz CT molecular complexity index is 519. The molecule has 3 nitrogen and oxygen atoms in total. The van der Waals surface area contributed by atoms with E-state index in [1.165, 1.54) is 12.5 Å². The van der Waals surface area contributed by atoms with Crippen molar-refractivity contribution in [3.05, 3.63) is 29.6 Å². The SMILES string of the molecule is O=C(c1ccnc(F)c1F)N1CCCC2CCCCC21. The van der Waals surface area contributed by atoms with Crippen LogP contribution in [0.15, 0.2) is 12.3 Å². The van der Waals surface area contributed by atoms with Crippen molar-refractivity contribution in [1.29, 1.82) is 0 Å². The molecule has 3 rings (SSSR count). The van der Waals surface area contributed by atoms with Crippen molar-refractivity contribution in [3.63, 3.8) is 0 Å². The Balaban J connectivity index is 1.87. The lowest BCUT2D eigenvalue weighted by atomic mass is 9.78. The predicted molar refractivity (Wildman–Crippen MR) is 70.2 cm³/mol. The minimum Gasteiger partial charge on any atom is -0.335 e. The average Bonchev–Trinajstić information content (AvgIpc) is 2.49. The van der Waals surface area contributed by atoms with Crippen molar-refractivity contribution in [2.45, 2.75) is 44.6 Å². The summed E-state index contributed by atoms with van der Waals surface area (Å²) in [5.74, 6) is -2.19. The van der Waals surface area contributed by atoms with Crippen LogP contribution in [0, 0.1) is 17.7 Å². The van der Waals surface area contributed by atoms with Crippen LogP contribution < -0.4 is 0 Å². The number of halogens is 2. The Morgan fingerprint density at radius 1 is 1.20 bits per heavy atom. The number of nitrogens with zero attached hydrogens (tertiary/aromatic N) is 2. The molecule has 0 bridgehead atoms. The van der Waals surface area contributed by atoms with Crippen LogP contribution in [0.1, 0.15) is 48.9 Å². The van der Waals surface area contributed by atoms with Crippen LogP contribution >= 0.6 is 0 Å². The standard InChI is InChI=1S/C15H18F2N2O/c16-13-11(7-8-18-14(13)17)15(20)19-9-3-5-10-4-1-2-6-12(10)19/h7-8,10,12H,1-6,9H2. The first-order valence-corrected chi connectivity index (χ1v) is 7.29. The molecular formula is C15H18F2N2O. The van der Waals surface area contributed by atoms with E-state index in [-0.39, 0.29) is 17.5 Å². The van der Waals surface area contributed by atoms with Gasteiger partial charge in [0.1, 0.15) is 0 Å². The number of aromatic nitrogens is 1. The van der Waals surface area contributed by atoms with E-state index in [1.54, 1.807) is 4.90 Å². The molecule has 1 aromatic heterocycles. The van der Waals surface area contributed by atoms with Gasteiger partial charge in [-0.15, -0.1) is 0 Å². The summed E-state index contributed by atoms with van der Waals surface area (Å²) in [7, 11) is 0. The summed E-state index contributed by atoms with van der Waals surface area (Å²) in [4.78, 5) is 17.5. The van der Waals surface area contributed by atoms with E-state index in [2.05, 4.69) is 4.98 Å². The zero-order valence-corrected chi connectivity index (χ0v) is 11.3. The molecule has 1 aromatic rings. The number of fused-ring (bicyclic) bond motifs is 1. The van der Waals surface area contributed by atoms with E-state index in [1.807, 2.05) is 0 Å². The molecule has 2 atom stereocenters. The summed E-state index contributed by atoms with van der Waals surface area (Å²) in [6.07, 6.45) is 7.67. The second-order valence-corrected chi connectivity index (χ2v) is 5.72. The lowest BCUT2D eigenvalue weighted by Gasteiger charge is -2.44. The van der Waals surface area contributed by atoms with Gasteiger partial charge in [0.05, 0.1) is 5.56 Å². The maximum atomic E-state index is 13.7. The third-order valence-corrected chi connectivity index (χ3v) is 4.58. The Kier molecular flexibility index (Phi) is 3.68. The highest BCUT2D eigenvalue weighted by atomic mass is 19.2. The Morgan fingerprint density at radius 3 is 2.80 bits per heavy atom. The van der Waals surface area contributed by atoms with Crippen molar-refractivity contribution in [2.75, 3.05) is 6.54 Å². The average molecular weight is 280 g/mol. The number of pyridine rings is 1. The van der Waals surface area contributed by atoms with Gasteiger partial charge in [0, 0.05) is 18.8 Å². The summed E-state index contributed by atoms with van der Waals surface area (Å²) < 4.78 is 26.9. The Morgan fingerprint density at radius 2 is 1.95 bits per heavy atom. The largest absolute Gasteiger partial charge is 0.335 e. The molecule has 1 aliphatic carbocycles. The van der Waals surface area contributed by atoms with E-state index >= 15 is 0 Å². The van der Waals surface area contributed by atoms with Gasteiger partial charge in [0.2, 0.25) is 5.95 Å².